The highest BCUT2D eigenvalue weighted by Gasteiger charge is 2.29. The van der Waals surface area contributed by atoms with Gasteiger partial charge in [0, 0.05) is 31.3 Å². The number of nitrogens with one attached hydrogen (secondary N) is 1. The van der Waals surface area contributed by atoms with E-state index in [1.165, 1.54) is 22.4 Å². The smallest absolute Gasteiger partial charge is 0.351 e. The summed E-state index contributed by atoms with van der Waals surface area (Å²) in [6, 6.07) is 1.53. The zero-order chi connectivity index (χ0) is 31.7. The zero-order valence-corrected chi connectivity index (χ0v) is 26.7. The molecular formula is C34H48N4O5S. The molecule has 0 bridgehead atoms. The maximum atomic E-state index is 12.0. The molecule has 2 heterocycles. The van der Waals surface area contributed by atoms with Crippen molar-refractivity contribution in [3.8, 4) is 0 Å². The molecule has 0 saturated carbocycles. The molecule has 3 N–H and O–H groups in total. The molecule has 10 heteroatoms. The fraction of sp³-hybridized carbons (Fsp3) is 0.471. The van der Waals surface area contributed by atoms with E-state index in [0.717, 1.165) is 38.5 Å². The number of nitrogens with zero attached hydrogens (tertiary/aromatic N) is 2. The van der Waals surface area contributed by atoms with Crippen LogP contribution >= 0.6 is 11.8 Å². The number of carbonyl (C=O) groups excluding carboxylic acids is 2. The molecule has 1 aromatic rings. The van der Waals surface area contributed by atoms with Crippen molar-refractivity contribution >= 4 is 29.5 Å². The Labute approximate surface area is 266 Å². The van der Waals surface area contributed by atoms with Gasteiger partial charge < -0.3 is 20.5 Å². The average Bonchev–Trinajstić information content (AvgIpc) is 3.48. The number of nitrogen functional groups attached to an aromatic ring is 1. The molecule has 2 rings (SSSR count). The van der Waals surface area contributed by atoms with Crippen LogP contribution in [0.15, 0.2) is 90.0 Å². The largest absolute Gasteiger partial charge is 0.462 e. The zero-order valence-electron chi connectivity index (χ0n) is 25.9. The molecule has 1 unspecified atom stereocenters. The quantitative estimate of drug-likeness (QED) is 0.0923. The molecule has 1 saturated heterocycles. The van der Waals surface area contributed by atoms with Crippen LogP contribution in [0.4, 0.5) is 5.82 Å². The van der Waals surface area contributed by atoms with E-state index in [9.17, 15) is 14.4 Å². The first-order chi connectivity index (χ1) is 21.5. The van der Waals surface area contributed by atoms with E-state index in [1.807, 2.05) is 6.08 Å². The molecule has 0 aliphatic carbocycles. The van der Waals surface area contributed by atoms with Gasteiger partial charge in [0.15, 0.2) is 0 Å². The number of carbonyl (C=O) groups is 2. The molecule has 1 aromatic heterocycles. The van der Waals surface area contributed by atoms with Crippen molar-refractivity contribution in [2.45, 2.75) is 82.8 Å². The first kappa shape index (κ1) is 36.6. The second-order valence-corrected chi connectivity index (χ2v) is 11.2. The van der Waals surface area contributed by atoms with Crippen LogP contribution in [0.5, 0.6) is 0 Å². The lowest BCUT2D eigenvalue weighted by molar-refractivity contribution is -0.147. The molecule has 0 spiro atoms. The van der Waals surface area contributed by atoms with Gasteiger partial charge in [-0.15, -0.1) is 11.8 Å². The summed E-state index contributed by atoms with van der Waals surface area (Å²) in [5.41, 5.74) is 4.68. The van der Waals surface area contributed by atoms with Gasteiger partial charge in [-0.1, -0.05) is 79.8 Å². The van der Waals surface area contributed by atoms with Crippen LogP contribution < -0.4 is 16.7 Å². The summed E-state index contributed by atoms with van der Waals surface area (Å²) < 4.78 is 12.4. The monoisotopic (exact) mass is 624 g/mol. The van der Waals surface area contributed by atoms with Gasteiger partial charge in [-0.05, 0) is 57.4 Å². The number of esters is 1. The standard InChI is InChI=1S/C34H48N4O5S/c1-2-3-4-5-6-7-8-9-10-11-12-13-14-15-16-17-18-19-20-22-30(39)36-25-21-23-32(40)42-27-33-43-31(28-44-33)38-26-24-29(35)37-34(38)41/h3-4,6-7,9-10,12-13,15-16,18-19,24,26,31,33H,2,5,8,11,14,17,20-23,25,27-28H2,1H3,(H,36,39)(H2,35,37,41)/b4-3-,7-6-,10-9-,13-12-,16-15-,19-18-/t31?,33-/m1/s1. The van der Waals surface area contributed by atoms with E-state index in [1.54, 1.807) is 6.20 Å². The lowest BCUT2D eigenvalue weighted by atomic mass is 10.2. The van der Waals surface area contributed by atoms with Gasteiger partial charge in [-0.2, -0.15) is 4.98 Å². The van der Waals surface area contributed by atoms with Gasteiger partial charge >= 0.3 is 11.7 Å². The minimum Gasteiger partial charge on any atom is -0.462 e. The van der Waals surface area contributed by atoms with E-state index >= 15 is 0 Å². The SMILES string of the molecule is CC/C=C\C/C=C\C/C=C\C/C=C\C/C=C\C/C=C\CCC(=O)NCCCC(=O)OC[C@@H]1OC(n2ccc(N)nc2=O)CS1. The Hall–Kier alpha value is -3.63. The lowest BCUT2D eigenvalue weighted by Crippen LogP contribution is -2.29. The Bertz CT molecular complexity index is 1220. The Morgan fingerprint density at radius 3 is 2.16 bits per heavy atom. The van der Waals surface area contributed by atoms with Crippen LogP contribution in [0.3, 0.4) is 0 Å². The van der Waals surface area contributed by atoms with Crippen molar-refractivity contribution in [3.05, 3.63) is 95.7 Å². The predicted octanol–water partition coefficient (Wildman–Crippen LogP) is 6.33. The van der Waals surface area contributed by atoms with Crippen molar-refractivity contribution in [3.63, 3.8) is 0 Å². The summed E-state index contributed by atoms with van der Waals surface area (Å²) in [4.78, 5) is 39.7. The van der Waals surface area contributed by atoms with Crippen LogP contribution in [0.2, 0.25) is 0 Å². The number of anilines is 1. The van der Waals surface area contributed by atoms with E-state index in [2.05, 4.69) is 84.1 Å². The second kappa shape index (κ2) is 23.8. The molecule has 1 fully saturated rings. The van der Waals surface area contributed by atoms with Crippen LogP contribution in [0, 0.1) is 0 Å². The molecule has 44 heavy (non-hydrogen) atoms. The third-order valence-electron chi connectivity index (χ3n) is 6.29. The molecule has 1 aliphatic heterocycles. The third-order valence-corrected chi connectivity index (χ3v) is 7.39. The van der Waals surface area contributed by atoms with Gasteiger partial charge in [-0.3, -0.25) is 14.2 Å². The highest BCUT2D eigenvalue weighted by Crippen LogP contribution is 2.31. The van der Waals surface area contributed by atoms with Gasteiger partial charge in [0.25, 0.3) is 0 Å². The number of ether oxygens (including phenoxy) is 2. The average molecular weight is 625 g/mol. The highest BCUT2D eigenvalue weighted by molar-refractivity contribution is 8.00. The molecule has 0 radical (unpaired) electrons. The molecule has 1 amide bonds. The number of allylic oxidation sites excluding steroid dienone is 12. The van der Waals surface area contributed by atoms with Crippen LogP contribution in [-0.4, -0.2) is 45.8 Å². The Balaban J connectivity index is 1.41. The van der Waals surface area contributed by atoms with Crippen LogP contribution in [0.25, 0.3) is 0 Å². The fourth-order valence-electron chi connectivity index (χ4n) is 3.96. The van der Waals surface area contributed by atoms with E-state index in [4.69, 9.17) is 15.2 Å². The number of aromatic nitrogens is 2. The number of amides is 1. The third kappa shape index (κ3) is 17.5. The Morgan fingerprint density at radius 1 is 0.977 bits per heavy atom. The van der Waals surface area contributed by atoms with E-state index in [-0.39, 0.29) is 36.2 Å². The van der Waals surface area contributed by atoms with Gasteiger partial charge in [0.05, 0.1) is 0 Å². The maximum absolute atomic E-state index is 12.0. The summed E-state index contributed by atoms with van der Waals surface area (Å²) in [5.74, 6) is 0.310. The van der Waals surface area contributed by atoms with E-state index < -0.39 is 11.9 Å². The second-order valence-electron chi connectivity index (χ2n) is 9.99. The maximum Gasteiger partial charge on any atom is 0.351 e. The van der Waals surface area contributed by atoms with Crippen molar-refractivity contribution in [2.24, 2.45) is 0 Å². The highest BCUT2D eigenvalue weighted by atomic mass is 32.2. The predicted molar refractivity (Wildman–Crippen MR) is 180 cm³/mol. The summed E-state index contributed by atoms with van der Waals surface area (Å²) in [7, 11) is 0. The number of thioether (sulfide) groups is 1. The number of nitrogens with two attached hydrogens (primary N) is 1. The molecule has 240 valence electrons. The number of hydrogen-bond donors (Lipinski definition) is 2. The summed E-state index contributed by atoms with van der Waals surface area (Å²) >= 11 is 1.46. The van der Waals surface area contributed by atoms with Crippen molar-refractivity contribution < 1.29 is 19.1 Å². The van der Waals surface area contributed by atoms with Gasteiger partial charge in [-0.25, -0.2) is 4.79 Å². The molecule has 0 aromatic carbocycles. The topological polar surface area (TPSA) is 126 Å². The molecule has 9 nitrogen and oxygen atoms in total. The number of rotatable bonds is 21. The van der Waals surface area contributed by atoms with Crippen LogP contribution in [0.1, 0.15) is 77.4 Å². The van der Waals surface area contributed by atoms with Crippen molar-refractivity contribution in [2.75, 3.05) is 24.6 Å². The lowest BCUT2D eigenvalue weighted by Gasteiger charge is -2.14. The van der Waals surface area contributed by atoms with E-state index in [0.29, 0.717) is 31.6 Å². The van der Waals surface area contributed by atoms with Crippen molar-refractivity contribution in [1.82, 2.24) is 14.9 Å². The molecule has 1 aliphatic rings. The minimum absolute atomic E-state index is 0.0351. The summed E-state index contributed by atoms with van der Waals surface area (Å²) in [6.45, 7) is 2.65. The van der Waals surface area contributed by atoms with Gasteiger partial charge in [0.1, 0.15) is 24.1 Å². The molecular weight excluding hydrogens is 576 g/mol. The summed E-state index contributed by atoms with van der Waals surface area (Å²) in [6.07, 6.45) is 34.5. The molecule has 2 atom stereocenters. The first-order valence-corrected chi connectivity index (χ1v) is 16.5. The number of hydrogen-bond acceptors (Lipinski definition) is 8. The Morgan fingerprint density at radius 2 is 1.57 bits per heavy atom. The van der Waals surface area contributed by atoms with Gasteiger partial charge in [0.2, 0.25) is 5.91 Å². The normalized spacial score (nSPS) is 17.4. The van der Waals surface area contributed by atoms with Crippen molar-refractivity contribution in [1.29, 1.82) is 0 Å². The minimum atomic E-state index is -0.479. The summed E-state index contributed by atoms with van der Waals surface area (Å²) in [5, 5.41) is 2.84. The Kier molecular flexibility index (Phi) is 19.8. The van der Waals surface area contributed by atoms with Crippen LogP contribution in [-0.2, 0) is 19.1 Å². The fourth-order valence-corrected chi connectivity index (χ4v) is 4.95. The first-order valence-electron chi connectivity index (χ1n) is 15.4.